The van der Waals surface area contributed by atoms with E-state index in [2.05, 4.69) is 30.7 Å². The Morgan fingerprint density at radius 2 is 1.71 bits per heavy atom. The molecule has 176 valence electrons. The molecule has 3 aromatic rings. The van der Waals surface area contributed by atoms with E-state index in [9.17, 15) is 27.6 Å². The number of carbonyl (C=O) groups is 2. The molecule has 0 fully saturated rings. The third-order valence-corrected chi connectivity index (χ3v) is 4.94. The minimum atomic E-state index is -4.84. The van der Waals surface area contributed by atoms with Crippen LogP contribution in [0.25, 0.3) is 0 Å². The number of halogens is 3. The summed E-state index contributed by atoms with van der Waals surface area (Å²) in [6.07, 6.45) is -5.14. The number of ether oxygens (including phenoxy) is 1. The van der Waals surface area contributed by atoms with Crippen molar-refractivity contribution >= 4 is 35.0 Å². The van der Waals surface area contributed by atoms with Crippen LogP contribution in [0.5, 0.6) is 5.75 Å². The molecule has 34 heavy (non-hydrogen) atoms. The van der Waals surface area contributed by atoms with Gasteiger partial charge >= 0.3 is 6.36 Å². The molecule has 0 bridgehead atoms. The second kappa shape index (κ2) is 8.89. The first-order valence-electron chi connectivity index (χ1n) is 10.0. The quantitative estimate of drug-likeness (QED) is 0.447. The fraction of sp³-hybridized carbons (Fsp3) is 0.182. The van der Waals surface area contributed by atoms with E-state index in [-0.39, 0.29) is 29.4 Å². The Balaban J connectivity index is 1.55. The van der Waals surface area contributed by atoms with Crippen LogP contribution in [0.2, 0.25) is 0 Å². The van der Waals surface area contributed by atoms with Gasteiger partial charge in [-0.2, -0.15) is 4.98 Å². The van der Waals surface area contributed by atoms with Gasteiger partial charge in [0.25, 0.3) is 5.56 Å². The van der Waals surface area contributed by atoms with Crippen LogP contribution in [0.15, 0.2) is 53.3 Å². The van der Waals surface area contributed by atoms with Gasteiger partial charge in [0.15, 0.2) is 0 Å². The summed E-state index contributed by atoms with van der Waals surface area (Å²) in [5.41, 5.74) is 1.22. The van der Waals surface area contributed by atoms with Crippen LogP contribution in [0, 0.1) is 6.92 Å². The van der Waals surface area contributed by atoms with Gasteiger partial charge in [0, 0.05) is 17.8 Å². The van der Waals surface area contributed by atoms with Crippen LogP contribution < -0.4 is 26.2 Å². The standard InChI is InChI=1S/C22H18F3N5O4/c1-11-2-4-13(5-3-11)27-21-29-18-17(20(33)30-21)15(10-16(31)28-18)19(32)26-12-6-8-14(9-7-12)34-22(23,24)25/h2-9,15H,10H2,1H3,(H,26,32)(H3,27,28,29,30,31,33). The number of alkyl halides is 3. The number of aromatic nitrogens is 2. The third-order valence-electron chi connectivity index (χ3n) is 4.94. The summed E-state index contributed by atoms with van der Waals surface area (Å²) in [7, 11) is 0. The zero-order valence-electron chi connectivity index (χ0n) is 17.6. The van der Waals surface area contributed by atoms with E-state index in [1.165, 1.54) is 12.1 Å². The number of fused-ring (bicyclic) bond motifs is 1. The maximum absolute atomic E-state index is 12.9. The third kappa shape index (κ3) is 5.34. The zero-order chi connectivity index (χ0) is 24.5. The molecular weight excluding hydrogens is 455 g/mol. The number of amides is 2. The van der Waals surface area contributed by atoms with E-state index < -0.39 is 35.4 Å². The molecule has 2 aromatic carbocycles. The molecule has 1 atom stereocenters. The molecular formula is C22H18F3N5O4. The fourth-order valence-corrected chi connectivity index (χ4v) is 3.40. The predicted molar refractivity (Wildman–Crippen MR) is 117 cm³/mol. The van der Waals surface area contributed by atoms with E-state index in [0.717, 1.165) is 17.7 Å². The molecule has 12 heteroatoms. The smallest absolute Gasteiger partial charge is 0.406 e. The second-order valence-electron chi connectivity index (χ2n) is 7.53. The number of rotatable bonds is 5. The molecule has 0 aliphatic carbocycles. The van der Waals surface area contributed by atoms with Crippen LogP contribution in [-0.2, 0) is 9.59 Å². The van der Waals surface area contributed by atoms with Gasteiger partial charge in [-0.3, -0.25) is 19.4 Å². The van der Waals surface area contributed by atoms with Gasteiger partial charge in [-0.1, -0.05) is 17.7 Å². The van der Waals surface area contributed by atoms with Crippen molar-refractivity contribution < 1.29 is 27.5 Å². The van der Waals surface area contributed by atoms with Crippen LogP contribution in [0.3, 0.4) is 0 Å². The number of aryl methyl sites for hydroxylation is 1. The summed E-state index contributed by atoms with van der Waals surface area (Å²) in [5, 5.41) is 7.93. The molecule has 9 nitrogen and oxygen atoms in total. The summed E-state index contributed by atoms with van der Waals surface area (Å²) in [6, 6.07) is 11.8. The summed E-state index contributed by atoms with van der Waals surface area (Å²) in [6.45, 7) is 1.92. The number of anilines is 4. The number of aromatic amines is 1. The van der Waals surface area contributed by atoms with Gasteiger partial charge in [0.05, 0.1) is 11.5 Å². The number of hydrogen-bond donors (Lipinski definition) is 4. The van der Waals surface area contributed by atoms with E-state index in [4.69, 9.17) is 0 Å². The van der Waals surface area contributed by atoms with Crippen molar-refractivity contribution in [1.29, 1.82) is 0 Å². The molecule has 1 aromatic heterocycles. The van der Waals surface area contributed by atoms with Gasteiger partial charge in [0.1, 0.15) is 11.6 Å². The molecule has 2 amide bonds. The number of benzene rings is 2. The first-order chi connectivity index (χ1) is 16.1. The van der Waals surface area contributed by atoms with Crippen LogP contribution in [-0.4, -0.2) is 28.1 Å². The first kappa shape index (κ1) is 22.8. The number of nitrogens with one attached hydrogen (secondary N) is 4. The summed E-state index contributed by atoms with van der Waals surface area (Å²) >= 11 is 0. The van der Waals surface area contributed by atoms with Crippen molar-refractivity contribution in [1.82, 2.24) is 9.97 Å². The number of hydrogen-bond acceptors (Lipinski definition) is 6. The lowest BCUT2D eigenvalue weighted by molar-refractivity contribution is -0.274. The van der Waals surface area contributed by atoms with E-state index in [0.29, 0.717) is 5.69 Å². The maximum Gasteiger partial charge on any atom is 0.573 e. The van der Waals surface area contributed by atoms with Crippen molar-refractivity contribution in [2.75, 3.05) is 16.0 Å². The molecule has 0 saturated heterocycles. The molecule has 1 aliphatic heterocycles. The predicted octanol–water partition coefficient (Wildman–Crippen LogP) is 3.79. The van der Waals surface area contributed by atoms with Crippen LogP contribution >= 0.6 is 0 Å². The largest absolute Gasteiger partial charge is 0.573 e. The second-order valence-corrected chi connectivity index (χ2v) is 7.53. The van der Waals surface area contributed by atoms with Gasteiger partial charge in [-0.05, 0) is 43.3 Å². The molecule has 2 heterocycles. The lowest BCUT2D eigenvalue weighted by atomic mass is 9.92. The first-order valence-corrected chi connectivity index (χ1v) is 10.0. The minimum absolute atomic E-state index is 0.0245. The average molecular weight is 473 g/mol. The van der Waals surface area contributed by atoms with E-state index >= 15 is 0 Å². The highest BCUT2D eigenvalue weighted by atomic mass is 19.4. The summed E-state index contributed by atoms with van der Waals surface area (Å²) in [5.74, 6) is -2.78. The molecule has 0 radical (unpaired) electrons. The Labute approximate surface area is 190 Å². The van der Waals surface area contributed by atoms with Gasteiger partial charge in [0.2, 0.25) is 17.8 Å². The van der Waals surface area contributed by atoms with Crippen LogP contribution in [0.4, 0.5) is 36.3 Å². The van der Waals surface area contributed by atoms with Gasteiger partial charge in [-0.25, -0.2) is 0 Å². The van der Waals surface area contributed by atoms with E-state index in [1.807, 2.05) is 19.1 Å². The molecule has 4 rings (SSSR count). The van der Waals surface area contributed by atoms with Gasteiger partial charge < -0.3 is 20.7 Å². The van der Waals surface area contributed by atoms with Crippen molar-refractivity contribution in [3.63, 3.8) is 0 Å². The molecule has 4 N–H and O–H groups in total. The van der Waals surface area contributed by atoms with Crippen molar-refractivity contribution in [3.05, 3.63) is 70.0 Å². The Bertz CT molecular complexity index is 1290. The Kier molecular flexibility index (Phi) is 5.97. The zero-order valence-corrected chi connectivity index (χ0v) is 17.6. The molecule has 1 unspecified atom stereocenters. The number of nitrogens with zero attached hydrogens (tertiary/aromatic N) is 1. The van der Waals surface area contributed by atoms with Crippen molar-refractivity contribution in [3.8, 4) is 5.75 Å². The van der Waals surface area contributed by atoms with E-state index in [1.54, 1.807) is 12.1 Å². The lowest BCUT2D eigenvalue weighted by Gasteiger charge is -2.23. The average Bonchev–Trinajstić information content (AvgIpc) is 2.75. The Morgan fingerprint density at radius 1 is 1.06 bits per heavy atom. The Hall–Kier alpha value is -4.35. The van der Waals surface area contributed by atoms with Crippen molar-refractivity contribution in [2.24, 2.45) is 0 Å². The molecule has 0 spiro atoms. The molecule has 1 aliphatic rings. The van der Waals surface area contributed by atoms with Gasteiger partial charge in [-0.15, -0.1) is 13.2 Å². The van der Waals surface area contributed by atoms with Crippen LogP contribution in [0.1, 0.15) is 23.5 Å². The highest BCUT2D eigenvalue weighted by Crippen LogP contribution is 2.31. The molecule has 0 saturated carbocycles. The maximum atomic E-state index is 12.9. The highest BCUT2D eigenvalue weighted by molar-refractivity contribution is 6.04. The SMILES string of the molecule is Cc1ccc(Nc2nc3c(c(=O)[nH]2)C(C(=O)Nc2ccc(OC(F)(F)F)cc2)CC(=O)N3)cc1. The normalized spacial score (nSPS) is 15.2. The topological polar surface area (TPSA) is 125 Å². The number of carbonyl (C=O) groups excluding carboxylic acids is 2. The highest BCUT2D eigenvalue weighted by Gasteiger charge is 2.35. The lowest BCUT2D eigenvalue weighted by Crippen LogP contribution is -2.36. The van der Waals surface area contributed by atoms with Crippen molar-refractivity contribution in [2.45, 2.75) is 25.6 Å². The Morgan fingerprint density at radius 3 is 2.35 bits per heavy atom. The number of H-pyrrole nitrogens is 1. The monoisotopic (exact) mass is 473 g/mol. The summed E-state index contributed by atoms with van der Waals surface area (Å²) in [4.78, 5) is 44.6. The summed E-state index contributed by atoms with van der Waals surface area (Å²) < 4.78 is 40.7. The minimum Gasteiger partial charge on any atom is -0.406 e. The fourth-order valence-electron chi connectivity index (χ4n) is 3.40.